The summed E-state index contributed by atoms with van der Waals surface area (Å²) in [6.07, 6.45) is 5.87. The molecule has 0 heterocycles. The summed E-state index contributed by atoms with van der Waals surface area (Å²) in [7, 11) is 0. The number of aryl methyl sites for hydroxylation is 1. The van der Waals surface area contributed by atoms with Crippen LogP contribution in [0.5, 0.6) is 0 Å². The van der Waals surface area contributed by atoms with E-state index in [1.54, 1.807) is 19.1 Å². The van der Waals surface area contributed by atoms with Crippen LogP contribution in [0, 0.1) is 24.5 Å². The van der Waals surface area contributed by atoms with Crippen molar-refractivity contribution >= 4 is 0 Å². The Morgan fingerprint density at radius 2 is 1.84 bits per heavy atom. The van der Waals surface area contributed by atoms with Crippen molar-refractivity contribution in [2.45, 2.75) is 52.0 Å². The number of hydrogen-bond donors (Lipinski definition) is 1. The second-order valence-electron chi connectivity index (χ2n) is 5.53. The van der Waals surface area contributed by atoms with Gasteiger partial charge in [0, 0.05) is 11.6 Å². The summed E-state index contributed by atoms with van der Waals surface area (Å²) in [5.74, 6) is -0.946. The van der Waals surface area contributed by atoms with Crippen molar-refractivity contribution in [3.63, 3.8) is 0 Å². The van der Waals surface area contributed by atoms with E-state index in [2.05, 4.69) is 5.32 Å². The van der Waals surface area contributed by atoms with Gasteiger partial charge in [-0.3, -0.25) is 0 Å². The van der Waals surface area contributed by atoms with E-state index in [4.69, 9.17) is 0 Å². The average molecular weight is 267 g/mol. The molecule has 0 aromatic heterocycles. The highest BCUT2D eigenvalue weighted by Crippen LogP contribution is 2.36. The van der Waals surface area contributed by atoms with Crippen LogP contribution in [0.25, 0.3) is 0 Å². The fourth-order valence-electron chi connectivity index (χ4n) is 3.12. The molecule has 1 aromatic rings. The Balaban J connectivity index is 2.30. The molecule has 0 aliphatic heterocycles. The maximum Gasteiger partial charge on any atom is 0.163 e. The number of benzene rings is 1. The van der Waals surface area contributed by atoms with Crippen molar-refractivity contribution in [3.8, 4) is 0 Å². The highest BCUT2D eigenvalue weighted by molar-refractivity contribution is 5.28. The second-order valence-corrected chi connectivity index (χ2v) is 5.53. The van der Waals surface area contributed by atoms with Gasteiger partial charge in [0.2, 0.25) is 0 Å². The van der Waals surface area contributed by atoms with Gasteiger partial charge in [-0.15, -0.1) is 0 Å². The molecule has 3 heteroatoms. The molecule has 106 valence electrons. The van der Waals surface area contributed by atoms with Crippen LogP contribution in [0.2, 0.25) is 0 Å². The summed E-state index contributed by atoms with van der Waals surface area (Å²) in [6.45, 7) is 4.39. The molecule has 1 aromatic carbocycles. The minimum Gasteiger partial charge on any atom is -0.310 e. The highest BCUT2D eigenvalue weighted by atomic mass is 19.2. The third-order valence-electron chi connectivity index (χ3n) is 4.19. The van der Waals surface area contributed by atoms with Crippen LogP contribution in [-0.4, -0.2) is 6.54 Å². The van der Waals surface area contributed by atoms with Crippen LogP contribution < -0.4 is 5.32 Å². The molecule has 1 saturated carbocycles. The van der Waals surface area contributed by atoms with Crippen LogP contribution in [0.15, 0.2) is 12.1 Å². The topological polar surface area (TPSA) is 12.0 Å². The van der Waals surface area contributed by atoms with Gasteiger partial charge in [-0.25, -0.2) is 8.78 Å². The molecular formula is C16H23F2N. The Morgan fingerprint density at radius 3 is 2.47 bits per heavy atom. The van der Waals surface area contributed by atoms with Gasteiger partial charge in [0.25, 0.3) is 0 Å². The summed E-state index contributed by atoms with van der Waals surface area (Å²) >= 11 is 0. The molecule has 1 atom stereocenters. The Hall–Kier alpha value is -0.960. The Morgan fingerprint density at radius 1 is 1.16 bits per heavy atom. The predicted octanol–water partition coefficient (Wildman–Crippen LogP) is 4.50. The van der Waals surface area contributed by atoms with Gasteiger partial charge in [0.15, 0.2) is 11.6 Å². The van der Waals surface area contributed by atoms with E-state index in [0.717, 1.165) is 19.4 Å². The van der Waals surface area contributed by atoms with E-state index < -0.39 is 11.6 Å². The molecule has 0 bridgehead atoms. The van der Waals surface area contributed by atoms with Crippen LogP contribution in [-0.2, 0) is 0 Å². The SMILES string of the molecule is CCNC(c1ccc(C)c(F)c1F)C1CCCCC1. The molecule has 0 saturated heterocycles. The van der Waals surface area contributed by atoms with Crippen LogP contribution in [0.1, 0.15) is 56.2 Å². The lowest BCUT2D eigenvalue weighted by Gasteiger charge is -2.31. The zero-order valence-corrected chi connectivity index (χ0v) is 11.8. The number of halogens is 2. The molecule has 1 aliphatic carbocycles. The first-order chi connectivity index (χ1) is 9.15. The first-order valence-electron chi connectivity index (χ1n) is 7.33. The van der Waals surface area contributed by atoms with Gasteiger partial charge >= 0.3 is 0 Å². The van der Waals surface area contributed by atoms with E-state index in [1.807, 2.05) is 6.92 Å². The lowest BCUT2D eigenvalue weighted by atomic mass is 9.80. The highest BCUT2D eigenvalue weighted by Gasteiger charge is 2.27. The third kappa shape index (κ3) is 3.14. The minimum atomic E-state index is -0.698. The zero-order valence-electron chi connectivity index (χ0n) is 11.8. The maximum absolute atomic E-state index is 14.2. The number of rotatable bonds is 4. The molecule has 0 radical (unpaired) electrons. The summed E-state index contributed by atoms with van der Waals surface area (Å²) in [4.78, 5) is 0. The molecule has 1 aliphatic rings. The summed E-state index contributed by atoms with van der Waals surface area (Å²) in [6, 6.07) is 3.37. The van der Waals surface area contributed by atoms with E-state index in [-0.39, 0.29) is 6.04 Å². The van der Waals surface area contributed by atoms with Gasteiger partial charge in [0.1, 0.15) is 0 Å². The van der Waals surface area contributed by atoms with Crippen molar-refractivity contribution < 1.29 is 8.78 Å². The molecule has 1 fully saturated rings. The fraction of sp³-hybridized carbons (Fsp3) is 0.625. The van der Waals surface area contributed by atoms with Gasteiger partial charge in [-0.2, -0.15) is 0 Å². The largest absolute Gasteiger partial charge is 0.310 e. The molecule has 0 spiro atoms. The lowest BCUT2D eigenvalue weighted by Crippen LogP contribution is -2.30. The molecule has 2 rings (SSSR count). The summed E-state index contributed by atoms with van der Waals surface area (Å²) < 4.78 is 27.9. The average Bonchev–Trinajstić information content (AvgIpc) is 2.44. The maximum atomic E-state index is 14.2. The van der Waals surface area contributed by atoms with Crippen molar-refractivity contribution in [2.24, 2.45) is 5.92 Å². The molecule has 1 N–H and O–H groups in total. The monoisotopic (exact) mass is 267 g/mol. The van der Waals surface area contributed by atoms with Gasteiger partial charge < -0.3 is 5.32 Å². The van der Waals surface area contributed by atoms with E-state index in [0.29, 0.717) is 17.0 Å². The van der Waals surface area contributed by atoms with Crippen molar-refractivity contribution in [1.29, 1.82) is 0 Å². The Bertz CT molecular complexity index is 425. The van der Waals surface area contributed by atoms with E-state index in [9.17, 15) is 8.78 Å². The molecular weight excluding hydrogens is 244 g/mol. The quantitative estimate of drug-likeness (QED) is 0.846. The van der Waals surface area contributed by atoms with Crippen LogP contribution in [0.3, 0.4) is 0 Å². The Labute approximate surface area is 114 Å². The van der Waals surface area contributed by atoms with Gasteiger partial charge in [-0.05, 0) is 37.8 Å². The van der Waals surface area contributed by atoms with Gasteiger partial charge in [-0.1, -0.05) is 38.3 Å². The predicted molar refractivity (Wildman–Crippen MR) is 74.1 cm³/mol. The number of nitrogens with one attached hydrogen (secondary N) is 1. The fourth-order valence-corrected chi connectivity index (χ4v) is 3.12. The van der Waals surface area contributed by atoms with Crippen LogP contribution in [0.4, 0.5) is 8.78 Å². The second kappa shape index (κ2) is 6.47. The molecule has 1 nitrogen and oxygen atoms in total. The Kier molecular flexibility index (Phi) is 4.92. The zero-order chi connectivity index (χ0) is 13.8. The summed E-state index contributed by atoms with van der Waals surface area (Å²) in [5, 5.41) is 3.35. The molecule has 1 unspecified atom stereocenters. The molecule has 19 heavy (non-hydrogen) atoms. The summed E-state index contributed by atoms with van der Waals surface area (Å²) in [5.41, 5.74) is 0.872. The first kappa shape index (κ1) is 14.4. The normalized spacial score (nSPS) is 18.5. The van der Waals surface area contributed by atoms with Crippen molar-refractivity contribution in [1.82, 2.24) is 5.32 Å². The van der Waals surface area contributed by atoms with E-state index in [1.165, 1.54) is 19.3 Å². The standard InChI is InChI=1S/C16H23F2N/c1-3-19-16(12-7-5-4-6-8-12)13-10-9-11(2)14(17)15(13)18/h9-10,12,16,19H,3-8H2,1-2H3. The number of hydrogen-bond acceptors (Lipinski definition) is 1. The van der Waals surface area contributed by atoms with Gasteiger partial charge in [0.05, 0.1) is 0 Å². The van der Waals surface area contributed by atoms with Crippen LogP contribution >= 0.6 is 0 Å². The molecule has 0 amide bonds. The van der Waals surface area contributed by atoms with Crippen molar-refractivity contribution in [2.75, 3.05) is 6.54 Å². The van der Waals surface area contributed by atoms with E-state index >= 15 is 0 Å². The first-order valence-corrected chi connectivity index (χ1v) is 7.33. The lowest BCUT2D eigenvalue weighted by molar-refractivity contribution is 0.268. The minimum absolute atomic E-state index is 0.0552. The smallest absolute Gasteiger partial charge is 0.163 e. The van der Waals surface area contributed by atoms with Crippen molar-refractivity contribution in [3.05, 3.63) is 34.9 Å². The third-order valence-corrected chi connectivity index (χ3v) is 4.19.